The molecule has 4 rings (SSSR count). The predicted molar refractivity (Wildman–Crippen MR) is 89.7 cm³/mol. The van der Waals surface area contributed by atoms with Crippen molar-refractivity contribution < 1.29 is 4.79 Å². The molecule has 0 radical (unpaired) electrons. The minimum absolute atomic E-state index is 0.274. The monoisotopic (exact) mass is 291 g/mol. The van der Waals surface area contributed by atoms with Crippen molar-refractivity contribution in [1.29, 1.82) is 0 Å². The molecule has 0 aromatic heterocycles. The van der Waals surface area contributed by atoms with E-state index < -0.39 is 0 Å². The lowest BCUT2D eigenvalue weighted by atomic mass is 9.99. The normalized spacial score (nSPS) is 17.9. The molecule has 1 aliphatic carbocycles. The van der Waals surface area contributed by atoms with E-state index in [-0.39, 0.29) is 5.91 Å². The molecular weight excluding hydrogens is 270 g/mol. The van der Waals surface area contributed by atoms with Crippen LogP contribution in [0.4, 0.5) is 0 Å². The molecule has 2 aromatic rings. The van der Waals surface area contributed by atoms with Crippen LogP contribution in [-0.4, -0.2) is 23.9 Å². The van der Waals surface area contributed by atoms with Crippen LogP contribution in [0.25, 0.3) is 10.8 Å². The summed E-state index contributed by atoms with van der Waals surface area (Å²) in [5.74, 6) is 0.274. The molecule has 0 atom stereocenters. The SMILES string of the molecule is O=C(Cc1cccc2ccccc12)N1CCC(=C2CC2)CC1. The molecule has 0 unspecified atom stereocenters. The highest BCUT2D eigenvalue weighted by Gasteiger charge is 2.24. The van der Waals surface area contributed by atoms with Crippen LogP contribution in [0.5, 0.6) is 0 Å². The van der Waals surface area contributed by atoms with Gasteiger partial charge in [-0.05, 0) is 42.0 Å². The third-order valence-electron chi connectivity index (χ3n) is 4.94. The molecule has 1 heterocycles. The Morgan fingerprint density at radius 2 is 1.55 bits per heavy atom. The summed E-state index contributed by atoms with van der Waals surface area (Å²) >= 11 is 0. The first-order valence-electron chi connectivity index (χ1n) is 8.25. The average Bonchev–Trinajstić information content (AvgIpc) is 3.40. The zero-order chi connectivity index (χ0) is 14.9. The Bertz CT molecular complexity index is 738. The van der Waals surface area contributed by atoms with E-state index in [0.29, 0.717) is 6.42 Å². The number of carbonyl (C=O) groups excluding carboxylic acids is 1. The zero-order valence-corrected chi connectivity index (χ0v) is 12.8. The number of likely N-dealkylation sites (tertiary alicyclic amines) is 1. The quantitative estimate of drug-likeness (QED) is 0.763. The number of hydrogen-bond acceptors (Lipinski definition) is 1. The number of hydrogen-bond donors (Lipinski definition) is 0. The van der Waals surface area contributed by atoms with Gasteiger partial charge in [0.15, 0.2) is 0 Å². The van der Waals surface area contributed by atoms with E-state index in [1.807, 2.05) is 17.0 Å². The molecular formula is C20H21NO. The fourth-order valence-corrected chi connectivity index (χ4v) is 3.52. The van der Waals surface area contributed by atoms with Gasteiger partial charge in [0.05, 0.1) is 6.42 Å². The van der Waals surface area contributed by atoms with Gasteiger partial charge in [-0.1, -0.05) is 53.6 Å². The van der Waals surface area contributed by atoms with Crippen LogP contribution >= 0.6 is 0 Å². The summed E-state index contributed by atoms with van der Waals surface area (Å²) in [7, 11) is 0. The number of amides is 1. The summed E-state index contributed by atoms with van der Waals surface area (Å²) in [4.78, 5) is 14.7. The van der Waals surface area contributed by atoms with Crippen LogP contribution in [0, 0.1) is 0 Å². The van der Waals surface area contributed by atoms with Crippen molar-refractivity contribution in [2.24, 2.45) is 0 Å². The minimum Gasteiger partial charge on any atom is -0.342 e. The molecule has 2 heteroatoms. The number of benzene rings is 2. The van der Waals surface area contributed by atoms with Gasteiger partial charge in [0.1, 0.15) is 0 Å². The molecule has 2 nitrogen and oxygen atoms in total. The molecule has 0 spiro atoms. The lowest BCUT2D eigenvalue weighted by Gasteiger charge is -2.29. The van der Waals surface area contributed by atoms with Crippen molar-refractivity contribution in [3.63, 3.8) is 0 Å². The van der Waals surface area contributed by atoms with Gasteiger partial charge < -0.3 is 4.90 Å². The largest absolute Gasteiger partial charge is 0.342 e. The van der Waals surface area contributed by atoms with Gasteiger partial charge in [-0.3, -0.25) is 4.79 Å². The Balaban J connectivity index is 1.48. The first kappa shape index (κ1) is 13.6. The van der Waals surface area contributed by atoms with Gasteiger partial charge in [-0.15, -0.1) is 0 Å². The number of carbonyl (C=O) groups is 1. The topological polar surface area (TPSA) is 20.3 Å². The summed E-state index contributed by atoms with van der Waals surface area (Å²) in [6.45, 7) is 1.81. The predicted octanol–water partition coefficient (Wildman–Crippen LogP) is 4.10. The van der Waals surface area contributed by atoms with Crippen molar-refractivity contribution in [3.8, 4) is 0 Å². The van der Waals surface area contributed by atoms with E-state index in [1.54, 1.807) is 11.1 Å². The third kappa shape index (κ3) is 2.66. The van der Waals surface area contributed by atoms with Gasteiger partial charge in [0.25, 0.3) is 0 Å². The number of rotatable bonds is 2. The fraction of sp³-hybridized carbons (Fsp3) is 0.350. The standard InChI is InChI=1S/C20H21NO/c22-20(21-12-10-16(11-13-21)15-8-9-15)14-18-6-3-5-17-4-1-2-7-19(17)18/h1-7H,8-14H2. The molecule has 2 aromatic carbocycles. The minimum atomic E-state index is 0.274. The van der Waals surface area contributed by atoms with Crippen molar-refractivity contribution >= 4 is 16.7 Å². The molecule has 112 valence electrons. The highest BCUT2D eigenvalue weighted by atomic mass is 16.2. The van der Waals surface area contributed by atoms with Gasteiger partial charge in [0.2, 0.25) is 5.91 Å². The summed E-state index contributed by atoms with van der Waals surface area (Å²) in [6, 6.07) is 14.6. The van der Waals surface area contributed by atoms with Crippen LogP contribution < -0.4 is 0 Å². The van der Waals surface area contributed by atoms with Crippen molar-refractivity contribution in [3.05, 3.63) is 59.2 Å². The number of nitrogens with zero attached hydrogens (tertiary/aromatic N) is 1. The van der Waals surface area contributed by atoms with Crippen LogP contribution in [-0.2, 0) is 11.2 Å². The number of piperidine rings is 1. The maximum atomic E-state index is 12.6. The Morgan fingerprint density at radius 3 is 2.32 bits per heavy atom. The number of fused-ring (bicyclic) bond motifs is 1. The van der Waals surface area contributed by atoms with Crippen molar-refractivity contribution in [1.82, 2.24) is 4.90 Å². The van der Waals surface area contributed by atoms with Gasteiger partial charge >= 0.3 is 0 Å². The third-order valence-corrected chi connectivity index (χ3v) is 4.94. The maximum absolute atomic E-state index is 12.6. The van der Waals surface area contributed by atoms with Gasteiger partial charge in [0, 0.05) is 13.1 Å². The van der Waals surface area contributed by atoms with Gasteiger partial charge in [-0.2, -0.15) is 0 Å². The van der Waals surface area contributed by atoms with E-state index in [0.717, 1.165) is 31.5 Å². The summed E-state index contributed by atoms with van der Waals surface area (Å²) in [5, 5.41) is 2.42. The van der Waals surface area contributed by atoms with E-state index in [9.17, 15) is 4.79 Å². The van der Waals surface area contributed by atoms with Gasteiger partial charge in [-0.25, -0.2) is 0 Å². The molecule has 1 saturated carbocycles. The van der Waals surface area contributed by atoms with E-state index in [2.05, 4.69) is 30.3 Å². The summed E-state index contributed by atoms with van der Waals surface area (Å²) < 4.78 is 0. The highest BCUT2D eigenvalue weighted by Crippen LogP contribution is 2.36. The summed E-state index contributed by atoms with van der Waals surface area (Å²) in [6.07, 6.45) is 5.32. The Labute approximate surface area is 131 Å². The second kappa shape index (κ2) is 5.60. The molecule has 1 saturated heterocycles. The van der Waals surface area contributed by atoms with E-state index >= 15 is 0 Å². The molecule has 2 aliphatic rings. The summed E-state index contributed by atoms with van der Waals surface area (Å²) in [5.41, 5.74) is 4.45. The van der Waals surface area contributed by atoms with Crippen LogP contribution in [0.15, 0.2) is 53.6 Å². The Morgan fingerprint density at radius 1 is 0.864 bits per heavy atom. The van der Waals surface area contributed by atoms with E-state index in [1.165, 1.54) is 23.6 Å². The van der Waals surface area contributed by atoms with Crippen molar-refractivity contribution in [2.45, 2.75) is 32.1 Å². The van der Waals surface area contributed by atoms with Crippen LogP contribution in [0.2, 0.25) is 0 Å². The lowest BCUT2D eigenvalue weighted by molar-refractivity contribution is -0.130. The molecule has 22 heavy (non-hydrogen) atoms. The zero-order valence-electron chi connectivity index (χ0n) is 12.8. The Kier molecular flexibility index (Phi) is 3.45. The van der Waals surface area contributed by atoms with Crippen LogP contribution in [0.1, 0.15) is 31.2 Å². The second-order valence-corrected chi connectivity index (χ2v) is 6.40. The first-order valence-corrected chi connectivity index (χ1v) is 8.25. The van der Waals surface area contributed by atoms with Crippen LogP contribution in [0.3, 0.4) is 0 Å². The number of allylic oxidation sites excluding steroid dienone is 1. The average molecular weight is 291 g/mol. The second-order valence-electron chi connectivity index (χ2n) is 6.40. The molecule has 0 bridgehead atoms. The first-order chi connectivity index (χ1) is 10.8. The Hall–Kier alpha value is -2.09. The lowest BCUT2D eigenvalue weighted by Crippen LogP contribution is -2.37. The molecule has 2 fully saturated rings. The van der Waals surface area contributed by atoms with E-state index in [4.69, 9.17) is 0 Å². The molecule has 0 N–H and O–H groups in total. The molecule has 1 amide bonds. The maximum Gasteiger partial charge on any atom is 0.227 e. The fourth-order valence-electron chi connectivity index (χ4n) is 3.52. The molecule has 1 aliphatic heterocycles. The smallest absolute Gasteiger partial charge is 0.227 e. The van der Waals surface area contributed by atoms with Crippen molar-refractivity contribution in [2.75, 3.05) is 13.1 Å². The highest BCUT2D eigenvalue weighted by molar-refractivity contribution is 5.90.